The van der Waals surface area contributed by atoms with Gasteiger partial charge in [0.2, 0.25) is 0 Å². The van der Waals surface area contributed by atoms with Gasteiger partial charge >= 0.3 is 6.18 Å². The Morgan fingerprint density at radius 3 is 2.47 bits per heavy atom. The topological polar surface area (TPSA) is 3.24 Å². The van der Waals surface area contributed by atoms with Gasteiger partial charge in [-0.05, 0) is 30.5 Å². The van der Waals surface area contributed by atoms with Gasteiger partial charge in [0.25, 0.3) is 0 Å². The van der Waals surface area contributed by atoms with E-state index < -0.39 is 11.7 Å². The molecule has 5 heteroatoms. The molecule has 1 aliphatic carbocycles. The number of halogens is 4. The van der Waals surface area contributed by atoms with Crippen molar-refractivity contribution in [3.63, 3.8) is 0 Å². The van der Waals surface area contributed by atoms with Crippen LogP contribution in [0.4, 0.5) is 18.9 Å². The minimum atomic E-state index is -4.29. The monoisotopic (exact) mass is 307 g/mol. The van der Waals surface area contributed by atoms with E-state index in [2.05, 4.69) is 15.9 Å². The Hall–Kier alpha value is -0.710. The average molecular weight is 308 g/mol. The smallest absolute Gasteiger partial charge is 0.372 e. The van der Waals surface area contributed by atoms with Crippen LogP contribution >= 0.6 is 15.9 Å². The van der Waals surface area contributed by atoms with Crippen molar-refractivity contribution in [3.05, 3.63) is 29.3 Å². The van der Waals surface area contributed by atoms with E-state index in [0.717, 1.165) is 12.8 Å². The minimum Gasteiger partial charge on any atom is -0.372 e. The molecule has 0 atom stereocenters. The van der Waals surface area contributed by atoms with Crippen LogP contribution in [0.15, 0.2) is 18.2 Å². The number of alkyl halides is 4. The highest BCUT2D eigenvalue weighted by Crippen LogP contribution is 2.37. The molecule has 0 amide bonds. The summed E-state index contributed by atoms with van der Waals surface area (Å²) in [7, 11) is 1.85. The molecular formula is C12H13BrF3N. The number of rotatable bonds is 3. The van der Waals surface area contributed by atoms with E-state index in [-0.39, 0.29) is 10.9 Å². The molecule has 1 aromatic rings. The molecule has 0 N–H and O–H groups in total. The summed E-state index contributed by atoms with van der Waals surface area (Å²) in [5.41, 5.74) is 0.384. The molecular weight excluding hydrogens is 295 g/mol. The van der Waals surface area contributed by atoms with Gasteiger partial charge in [-0.15, -0.1) is 0 Å². The molecule has 0 spiro atoms. The summed E-state index contributed by atoms with van der Waals surface area (Å²) in [6, 6.07) is 4.95. The zero-order valence-electron chi connectivity index (χ0n) is 9.39. The van der Waals surface area contributed by atoms with Crippen molar-refractivity contribution < 1.29 is 13.2 Å². The first-order valence-corrected chi connectivity index (χ1v) is 6.54. The summed E-state index contributed by atoms with van der Waals surface area (Å²) in [5.74, 6) is 0. The Balaban J connectivity index is 2.37. The summed E-state index contributed by atoms with van der Waals surface area (Å²) >= 11 is 3.09. The highest BCUT2D eigenvalue weighted by Gasteiger charge is 2.34. The maximum absolute atomic E-state index is 12.9. The highest BCUT2D eigenvalue weighted by atomic mass is 79.9. The molecule has 1 aliphatic rings. The van der Waals surface area contributed by atoms with Gasteiger partial charge in [-0.25, -0.2) is 0 Å². The third-order valence-corrected chi connectivity index (χ3v) is 3.65. The van der Waals surface area contributed by atoms with Crippen LogP contribution < -0.4 is 4.90 Å². The van der Waals surface area contributed by atoms with E-state index >= 15 is 0 Å². The molecule has 0 aromatic heterocycles. The molecule has 0 heterocycles. The van der Waals surface area contributed by atoms with Crippen molar-refractivity contribution in [2.75, 3.05) is 11.9 Å². The summed E-state index contributed by atoms with van der Waals surface area (Å²) in [6.07, 6.45) is -2.15. The summed E-state index contributed by atoms with van der Waals surface area (Å²) in [5, 5.41) is 0.218. The number of hydrogen-bond acceptors (Lipinski definition) is 1. The van der Waals surface area contributed by atoms with E-state index in [1.165, 1.54) is 6.07 Å². The summed E-state index contributed by atoms with van der Waals surface area (Å²) in [6.45, 7) is 0. The van der Waals surface area contributed by atoms with E-state index in [1.807, 2.05) is 11.9 Å². The fourth-order valence-corrected chi connectivity index (χ4v) is 2.33. The predicted molar refractivity (Wildman–Crippen MR) is 65.5 cm³/mol. The van der Waals surface area contributed by atoms with Gasteiger partial charge in [0, 0.05) is 24.1 Å². The maximum atomic E-state index is 12.9. The van der Waals surface area contributed by atoms with Crippen LogP contribution in [0.3, 0.4) is 0 Å². The van der Waals surface area contributed by atoms with Crippen LogP contribution in [-0.2, 0) is 11.5 Å². The highest BCUT2D eigenvalue weighted by molar-refractivity contribution is 9.08. The minimum absolute atomic E-state index is 0.218. The molecule has 1 fully saturated rings. The third-order valence-electron chi connectivity index (χ3n) is 3.04. The van der Waals surface area contributed by atoms with Crippen molar-refractivity contribution >= 4 is 21.6 Å². The second kappa shape index (κ2) is 4.52. The summed E-state index contributed by atoms with van der Waals surface area (Å²) in [4.78, 5) is 1.92. The van der Waals surface area contributed by atoms with E-state index in [9.17, 15) is 13.2 Å². The molecule has 0 saturated heterocycles. The van der Waals surface area contributed by atoms with Crippen LogP contribution in [0, 0.1) is 0 Å². The first-order valence-electron chi connectivity index (χ1n) is 5.42. The molecule has 1 saturated carbocycles. The maximum Gasteiger partial charge on any atom is 0.416 e. The molecule has 2 rings (SSSR count). The lowest BCUT2D eigenvalue weighted by atomic mass is 10.1. The lowest BCUT2D eigenvalue weighted by Gasteiger charge is -2.21. The largest absolute Gasteiger partial charge is 0.416 e. The molecule has 0 radical (unpaired) electrons. The Morgan fingerprint density at radius 1 is 1.35 bits per heavy atom. The van der Waals surface area contributed by atoms with Gasteiger partial charge in [-0.3, -0.25) is 0 Å². The first-order chi connectivity index (χ1) is 7.93. The quantitative estimate of drug-likeness (QED) is 0.757. The molecule has 0 bridgehead atoms. The fourth-order valence-electron chi connectivity index (χ4n) is 1.84. The molecule has 17 heavy (non-hydrogen) atoms. The van der Waals surface area contributed by atoms with Gasteiger partial charge in [-0.1, -0.05) is 22.0 Å². The van der Waals surface area contributed by atoms with E-state index in [4.69, 9.17) is 0 Å². The number of anilines is 1. The van der Waals surface area contributed by atoms with E-state index in [0.29, 0.717) is 11.7 Å². The molecule has 1 nitrogen and oxygen atoms in total. The van der Waals surface area contributed by atoms with Crippen LogP contribution in [0.25, 0.3) is 0 Å². The van der Waals surface area contributed by atoms with Gasteiger partial charge in [0.05, 0.1) is 5.56 Å². The van der Waals surface area contributed by atoms with Crippen LogP contribution in [0.5, 0.6) is 0 Å². The second-order valence-electron chi connectivity index (χ2n) is 4.31. The van der Waals surface area contributed by atoms with Crippen molar-refractivity contribution in [1.29, 1.82) is 0 Å². The third kappa shape index (κ3) is 2.76. The molecule has 1 aromatic carbocycles. The standard InChI is InChI=1S/C12H13BrF3N/c1-17(9-4-5-9)10-3-2-8(7-13)11(6-10)12(14,15)16/h2-3,6,9H,4-5,7H2,1H3. The molecule has 0 unspecified atom stereocenters. The van der Waals surface area contributed by atoms with Gasteiger partial charge in [0.1, 0.15) is 0 Å². The van der Waals surface area contributed by atoms with Gasteiger partial charge < -0.3 is 4.90 Å². The zero-order valence-corrected chi connectivity index (χ0v) is 11.0. The average Bonchev–Trinajstić information content (AvgIpc) is 3.10. The Labute approximate surface area is 107 Å². The van der Waals surface area contributed by atoms with Crippen molar-refractivity contribution in [2.45, 2.75) is 30.4 Å². The number of nitrogens with zero attached hydrogens (tertiary/aromatic N) is 1. The second-order valence-corrected chi connectivity index (χ2v) is 4.88. The Kier molecular flexibility index (Phi) is 3.39. The van der Waals surface area contributed by atoms with E-state index in [1.54, 1.807) is 12.1 Å². The van der Waals surface area contributed by atoms with Crippen molar-refractivity contribution in [1.82, 2.24) is 0 Å². The van der Waals surface area contributed by atoms with Crippen LogP contribution in [0.2, 0.25) is 0 Å². The number of benzene rings is 1. The molecule has 94 valence electrons. The van der Waals surface area contributed by atoms with Gasteiger partial charge in [0.15, 0.2) is 0 Å². The Bertz CT molecular complexity index is 413. The summed E-state index contributed by atoms with van der Waals surface area (Å²) < 4.78 is 38.6. The van der Waals surface area contributed by atoms with Crippen LogP contribution in [0.1, 0.15) is 24.0 Å². The normalized spacial score (nSPS) is 16.1. The Morgan fingerprint density at radius 2 is 2.00 bits per heavy atom. The SMILES string of the molecule is CN(c1ccc(CBr)c(C(F)(F)F)c1)C1CC1. The first kappa shape index (κ1) is 12.7. The van der Waals surface area contributed by atoms with Crippen LogP contribution in [-0.4, -0.2) is 13.1 Å². The van der Waals surface area contributed by atoms with Crippen molar-refractivity contribution in [2.24, 2.45) is 0 Å². The fraction of sp³-hybridized carbons (Fsp3) is 0.500. The zero-order chi connectivity index (χ0) is 12.6. The lowest BCUT2D eigenvalue weighted by molar-refractivity contribution is -0.138. The van der Waals surface area contributed by atoms with Gasteiger partial charge in [-0.2, -0.15) is 13.2 Å². The molecule has 0 aliphatic heterocycles. The predicted octanol–water partition coefficient (Wildman–Crippen LogP) is 4.20. The number of hydrogen-bond donors (Lipinski definition) is 0. The van der Waals surface area contributed by atoms with Crippen molar-refractivity contribution in [3.8, 4) is 0 Å². The lowest BCUT2D eigenvalue weighted by Crippen LogP contribution is -2.20.